The Morgan fingerprint density at radius 2 is 0.960 bits per heavy atom. The molecule has 2 fully saturated rings. The molecule has 144 valence electrons. The molecule has 3 nitrogen and oxygen atoms in total. The molecule has 0 amide bonds. The molecule has 2 aliphatic rings. The third kappa shape index (κ3) is 7.69. The van der Waals surface area contributed by atoms with Gasteiger partial charge in [-0.3, -0.25) is 0 Å². The predicted octanol–water partition coefficient (Wildman–Crippen LogP) is 5.35. The molecule has 0 aromatic heterocycles. The van der Waals surface area contributed by atoms with E-state index in [0.29, 0.717) is 0 Å². The van der Waals surface area contributed by atoms with E-state index in [0.717, 1.165) is 51.7 Å². The Balaban J connectivity index is 1.77. The van der Waals surface area contributed by atoms with E-state index in [9.17, 15) is 5.11 Å². The molecule has 0 atom stereocenters. The highest BCUT2D eigenvalue weighted by molar-refractivity contribution is 5.06. The van der Waals surface area contributed by atoms with Crippen LogP contribution in [-0.2, 0) is 9.47 Å². The smallest absolute Gasteiger partial charge is 0.168 e. The Hall–Kier alpha value is -0.560. The summed E-state index contributed by atoms with van der Waals surface area (Å²) in [6.07, 6.45) is 23.5. The summed E-state index contributed by atoms with van der Waals surface area (Å²) in [5, 5.41) is 10.5. The van der Waals surface area contributed by atoms with Gasteiger partial charge in [0.05, 0.1) is 13.2 Å². The van der Waals surface area contributed by atoms with Gasteiger partial charge in [0, 0.05) is 12.8 Å². The van der Waals surface area contributed by atoms with Crippen LogP contribution in [0.3, 0.4) is 0 Å². The van der Waals surface area contributed by atoms with Gasteiger partial charge in [-0.1, -0.05) is 57.3 Å². The van der Waals surface area contributed by atoms with E-state index in [1.54, 1.807) is 0 Å². The Kier molecular flexibility index (Phi) is 9.31. The Bertz CT molecular complexity index is 371. The topological polar surface area (TPSA) is 38.7 Å². The fourth-order valence-corrected chi connectivity index (χ4v) is 4.22. The largest absolute Gasteiger partial charge is 0.378 e. The Morgan fingerprint density at radius 1 is 0.600 bits per heavy atom. The third-order valence-electron chi connectivity index (χ3n) is 5.88. The van der Waals surface area contributed by atoms with Crippen LogP contribution in [-0.4, -0.2) is 29.7 Å². The number of rotatable bonds is 0. The van der Waals surface area contributed by atoms with Crippen molar-refractivity contribution in [3.05, 3.63) is 0 Å². The third-order valence-corrected chi connectivity index (χ3v) is 5.88. The summed E-state index contributed by atoms with van der Waals surface area (Å²) in [7, 11) is 0. The summed E-state index contributed by atoms with van der Waals surface area (Å²) < 4.78 is 12.0. The lowest BCUT2D eigenvalue weighted by molar-refractivity contribution is -0.168. The van der Waals surface area contributed by atoms with Crippen LogP contribution >= 0.6 is 0 Å². The van der Waals surface area contributed by atoms with Gasteiger partial charge in [0.1, 0.15) is 5.60 Å². The van der Waals surface area contributed by atoms with Crippen molar-refractivity contribution in [3.8, 4) is 12.3 Å². The summed E-state index contributed by atoms with van der Waals surface area (Å²) in [6, 6.07) is 0. The molecule has 1 saturated carbocycles. The lowest BCUT2D eigenvalue weighted by Crippen LogP contribution is -2.30. The second-order valence-electron chi connectivity index (χ2n) is 8.03. The average Bonchev–Trinajstić information content (AvgIpc) is 3.08. The van der Waals surface area contributed by atoms with Crippen molar-refractivity contribution in [1.29, 1.82) is 0 Å². The molecule has 1 saturated heterocycles. The normalized spacial score (nSPS) is 27.2. The summed E-state index contributed by atoms with van der Waals surface area (Å²) in [4.78, 5) is 0. The van der Waals surface area contributed by atoms with Crippen LogP contribution < -0.4 is 0 Å². The van der Waals surface area contributed by atoms with Crippen molar-refractivity contribution in [3.63, 3.8) is 0 Å². The highest BCUT2D eigenvalue weighted by Crippen LogP contribution is 2.32. The van der Waals surface area contributed by atoms with Gasteiger partial charge in [-0.05, 0) is 38.5 Å². The van der Waals surface area contributed by atoms with E-state index in [-0.39, 0.29) is 5.79 Å². The first kappa shape index (κ1) is 20.7. The van der Waals surface area contributed by atoms with Crippen LogP contribution in [0, 0.1) is 12.3 Å². The first-order valence-corrected chi connectivity index (χ1v) is 10.7. The van der Waals surface area contributed by atoms with E-state index < -0.39 is 5.60 Å². The summed E-state index contributed by atoms with van der Waals surface area (Å²) in [5.74, 6) is 2.39. The van der Waals surface area contributed by atoms with Crippen LogP contribution in [0.5, 0.6) is 0 Å². The SMILES string of the molecule is C#CC1(O)CCCCCCCCC2(CCCCCCCC1)OCCO2. The van der Waals surface area contributed by atoms with Crippen LogP contribution in [0.4, 0.5) is 0 Å². The lowest BCUT2D eigenvalue weighted by Gasteiger charge is -2.27. The van der Waals surface area contributed by atoms with Crippen molar-refractivity contribution in [2.75, 3.05) is 13.2 Å². The van der Waals surface area contributed by atoms with Gasteiger partial charge in [-0.15, -0.1) is 6.42 Å². The minimum absolute atomic E-state index is 0.269. The number of aliphatic hydroxyl groups is 1. The molecule has 0 radical (unpaired) electrons. The second kappa shape index (κ2) is 11.2. The molecule has 25 heavy (non-hydrogen) atoms. The minimum atomic E-state index is -0.866. The van der Waals surface area contributed by atoms with Crippen molar-refractivity contribution in [2.45, 2.75) is 114 Å². The van der Waals surface area contributed by atoms with Crippen molar-refractivity contribution in [1.82, 2.24) is 0 Å². The number of hydrogen-bond donors (Lipinski definition) is 1. The molecule has 1 aliphatic carbocycles. The van der Waals surface area contributed by atoms with Gasteiger partial charge in [-0.2, -0.15) is 0 Å². The van der Waals surface area contributed by atoms with E-state index >= 15 is 0 Å². The van der Waals surface area contributed by atoms with Crippen molar-refractivity contribution in [2.24, 2.45) is 0 Å². The zero-order valence-corrected chi connectivity index (χ0v) is 16.1. The van der Waals surface area contributed by atoms with E-state index in [4.69, 9.17) is 15.9 Å². The fraction of sp³-hybridized carbons (Fsp3) is 0.909. The van der Waals surface area contributed by atoms with Gasteiger partial charge in [0.15, 0.2) is 5.79 Å². The van der Waals surface area contributed by atoms with E-state index in [2.05, 4.69) is 5.92 Å². The zero-order chi connectivity index (χ0) is 17.8. The minimum Gasteiger partial charge on any atom is -0.378 e. The highest BCUT2D eigenvalue weighted by Gasteiger charge is 2.35. The zero-order valence-electron chi connectivity index (χ0n) is 16.1. The Morgan fingerprint density at radius 3 is 1.36 bits per heavy atom. The summed E-state index contributed by atoms with van der Waals surface area (Å²) in [5.41, 5.74) is -0.866. The van der Waals surface area contributed by atoms with Gasteiger partial charge in [0.2, 0.25) is 0 Å². The predicted molar refractivity (Wildman–Crippen MR) is 102 cm³/mol. The summed E-state index contributed by atoms with van der Waals surface area (Å²) >= 11 is 0. The molecule has 1 aliphatic heterocycles. The maximum atomic E-state index is 10.5. The van der Waals surface area contributed by atoms with Crippen LogP contribution in [0.1, 0.15) is 103 Å². The monoisotopic (exact) mass is 350 g/mol. The molecule has 2 rings (SSSR count). The van der Waals surface area contributed by atoms with Gasteiger partial charge in [-0.25, -0.2) is 0 Å². The molecule has 3 heteroatoms. The standard InChI is InChI=1S/C22H38O3/c1-2-21(23)15-11-7-3-5-9-13-17-22(24-19-20-25-22)18-14-10-6-4-8-12-16-21/h1,23H,3-20H2. The van der Waals surface area contributed by atoms with Crippen LogP contribution in [0.15, 0.2) is 0 Å². The quantitative estimate of drug-likeness (QED) is 0.599. The van der Waals surface area contributed by atoms with Crippen LogP contribution in [0.25, 0.3) is 0 Å². The molecule has 0 aromatic carbocycles. The molecule has 0 bridgehead atoms. The molecule has 1 N–H and O–H groups in total. The van der Waals surface area contributed by atoms with Gasteiger partial charge in [0.25, 0.3) is 0 Å². The maximum absolute atomic E-state index is 10.5. The number of hydrogen-bond acceptors (Lipinski definition) is 3. The van der Waals surface area contributed by atoms with Gasteiger partial charge < -0.3 is 14.6 Å². The molecule has 0 unspecified atom stereocenters. The Labute approximate surface area is 154 Å². The fourth-order valence-electron chi connectivity index (χ4n) is 4.22. The molecular formula is C22H38O3. The summed E-state index contributed by atoms with van der Waals surface area (Å²) in [6.45, 7) is 1.52. The van der Waals surface area contributed by atoms with Crippen molar-refractivity contribution < 1.29 is 14.6 Å². The molecule has 1 spiro atoms. The first-order valence-electron chi connectivity index (χ1n) is 10.7. The molecule has 1 heterocycles. The van der Waals surface area contributed by atoms with Crippen molar-refractivity contribution >= 4 is 0 Å². The second-order valence-corrected chi connectivity index (χ2v) is 8.03. The lowest BCUT2D eigenvalue weighted by atomic mass is 9.90. The van der Waals surface area contributed by atoms with E-state index in [1.807, 2.05) is 0 Å². The molecular weight excluding hydrogens is 312 g/mol. The van der Waals surface area contributed by atoms with Gasteiger partial charge >= 0.3 is 0 Å². The highest BCUT2D eigenvalue weighted by atomic mass is 16.7. The first-order chi connectivity index (χ1) is 12.2. The van der Waals surface area contributed by atoms with Crippen LogP contribution in [0.2, 0.25) is 0 Å². The molecule has 0 aromatic rings. The average molecular weight is 351 g/mol. The number of ether oxygens (including phenoxy) is 2. The maximum Gasteiger partial charge on any atom is 0.168 e. The van der Waals surface area contributed by atoms with E-state index in [1.165, 1.54) is 64.2 Å². The number of terminal acetylenes is 1.